The van der Waals surface area contributed by atoms with E-state index in [2.05, 4.69) is 53.5 Å². The number of nitrogens with one attached hydrogen (secondary N) is 3. The average Bonchev–Trinajstić information content (AvgIpc) is 2.46. The van der Waals surface area contributed by atoms with Crippen LogP contribution >= 0.6 is 22.6 Å². The number of amides is 2. The minimum atomic E-state index is -0.574. The van der Waals surface area contributed by atoms with Gasteiger partial charge in [-0.2, -0.15) is 10.2 Å². The zero-order chi connectivity index (χ0) is 60.8. The number of benzene rings is 4. The molecule has 0 saturated carbocycles. The van der Waals surface area contributed by atoms with E-state index in [1.54, 1.807) is 82.1 Å². The SMILES string of the molecule is CC(C)(C)OC(=O)N[C@@H]1CCCNC1.COc1ccc(Cn2nc(I)c3c(Oc4ccc(C(C)=O)cc4)ccnc32)cc1.COc1ccc(Cn2nc(N3CCC[C@@H](NC(=O)OC(C)(C)C)C3)c3c(Oc4ccc(C(C)=O)cc4)ccnc32)cc1. The highest BCUT2D eigenvalue weighted by Gasteiger charge is 2.29. The molecule has 4 aromatic heterocycles. The molecule has 4 aromatic carbocycles. The minimum Gasteiger partial charge on any atom is -0.497 e. The number of piperidine rings is 2. The van der Waals surface area contributed by atoms with Crippen molar-refractivity contribution in [1.29, 1.82) is 0 Å². The van der Waals surface area contributed by atoms with Crippen molar-refractivity contribution in [2.45, 2.75) is 117 Å². The summed E-state index contributed by atoms with van der Waals surface area (Å²) in [6.45, 7) is 18.5. The van der Waals surface area contributed by atoms with Crippen molar-refractivity contribution in [3.8, 4) is 34.5 Å². The predicted molar refractivity (Wildman–Crippen MR) is 335 cm³/mol. The van der Waals surface area contributed by atoms with Gasteiger partial charge in [0.1, 0.15) is 54.8 Å². The number of ether oxygens (including phenoxy) is 6. The first-order valence-corrected chi connectivity index (χ1v) is 29.3. The zero-order valence-electron chi connectivity index (χ0n) is 49.9. The van der Waals surface area contributed by atoms with Gasteiger partial charge in [0.2, 0.25) is 0 Å². The molecule has 3 N–H and O–H groups in total. The van der Waals surface area contributed by atoms with Gasteiger partial charge in [-0.25, -0.2) is 28.9 Å². The molecule has 0 aliphatic carbocycles. The summed E-state index contributed by atoms with van der Waals surface area (Å²) in [5.74, 6) is 4.89. The van der Waals surface area contributed by atoms with E-state index in [4.69, 9.17) is 38.5 Å². The summed E-state index contributed by atoms with van der Waals surface area (Å²) in [7, 11) is 3.29. The van der Waals surface area contributed by atoms with E-state index in [0.717, 1.165) is 93.9 Å². The van der Waals surface area contributed by atoms with Crippen molar-refractivity contribution in [3.63, 3.8) is 0 Å². The van der Waals surface area contributed by atoms with Gasteiger partial charge in [0.25, 0.3) is 0 Å². The number of hydrogen-bond donors (Lipinski definition) is 3. The Bertz CT molecular complexity index is 3550. The molecule has 2 fully saturated rings. The molecule has 6 heterocycles. The second-order valence-corrected chi connectivity index (χ2v) is 23.6. The molecule has 8 aromatic rings. The number of fused-ring (bicyclic) bond motifs is 2. The van der Waals surface area contributed by atoms with Crippen LogP contribution in [-0.2, 0) is 22.6 Å². The number of hydrogen-bond acceptors (Lipinski definition) is 16. The van der Waals surface area contributed by atoms with E-state index in [-0.39, 0.29) is 29.7 Å². The number of anilines is 1. The van der Waals surface area contributed by atoms with Gasteiger partial charge >= 0.3 is 12.2 Å². The number of rotatable bonds is 15. The molecule has 2 saturated heterocycles. The number of aromatic nitrogens is 6. The molecular formula is C64H75IN10O10. The number of pyridine rings is 2. The second-order valence-electron chi connectivity index (χ2n) is 22.6. The highest BCUT2D eigenvalue weighted by molar-refractivity contribution is 14.1. The first kappa shape index (κ1) is 62.7. The van der Waals surface area contributed by atoms with Gasteiger partial charge in [-0.05, 0) is 194 Å². The fourth-order valence-electron chi connectivity index (χ4n) is 9.48. The fourth-order valence-corrected chi connectivity index (χ4v) is 10.2. The van der Waals surface area contributed by atoms with Gasteiger partial charge in [0.15, 0.2) is 28.7 Å². The van der Waals surface area contributed by atoms with Crippen LogP contribution in [0, 0.1) is 3.70 Å². The van der Waals surface area contributed by atoms with E-state index in [0.29, 0.717) is 59.4 Å². The molecule has 448 valence electrons. The molecule has 2 aliphatic heterocycles. The van der Waals surface area contributed by atoms with Gasteiger partial charge in [-0.15, -0.1) is 0 Å². The smallest absolute Gasteiger partial charge is 0.407 e. The largest absolute Gasteiger partial charge is 0.497 e. The summed E-state index contributed by atoms with van der Waals surface area (Å²) in [6.07, 6.45) is 6.54. The van der Waals surface area contributed by atoms with Crippen molar-refractivity contribution in [2.75, 3.05) is 45.3 Å². The van der Waals surface area contributed by atoms with Crippen LogP contribution in [0.1, 0.15) is 113 Å². The Morgan fingerprint density at radius 1 is 0.588 bits per heavy atom. The molecule has 0 spiro atoms. The normalized spacial score (nSPS) is 15.1. The Labute approximate surface area is 509 Å². The number of methoxy groups -OCH3 is 2. The van der Waals surface area contributed by atoms with Crippen molar-refractivity contribution < 1.29 is 47.6 Å². The zero-order valence-corrected chi connectivity index (χ0v) is 52.0. The molecule has 2 amide bonds. The lowest BCUT2D eigenvalue weighted by atomic mass is 10.1. The number of nitrogens with zero attached hydrogens (tertiary/aromatic N) is 7. The van der Waals surface area contributed by atoms with E-state index >= 15 is 0 Å². The maximum absolute atomic E-state index is 12.5. The van der Waals surface area contributed by atoms with Gasteiger partial charge in [0, 0.05) is 67.4 Å². The molecule has 10 rings (SSSR count). The molecule has 0 unspecified atom stereocenters. The van der Waals surface area contributed by atoms with Crippen LogP contribution in [-0.4, -0.2) is 117 Å². The minimum absolute atomic E-state index is 0.00501. The van der Waals surface area contributed by atoms with E-state index in [1.165, 1.54) is 6.92 Å². The first-order valence-electron chi connectivity index (χ1n) is 28.3. The third kappa shape index (κ3) is 17.9. The quantitative estimate of drug-likeness (QED) is 0.0641. The third-order valence-electron chi connectivity index (χ3n) is 13.5. The van der Waals surface area contributed by atoms with Crippen LogP contribution in [0.15, 0.2) is 122 Å². The van der Waals surface area contributed by atoms with Gasteiger partial charge in [0.05, 0.1) is 32.7 Å². The number of alkyl carbamates (subject to hydrolysis) is 2. The molecule has 21 heteroatoms. The maximum atomic E-state index is 12.5. The highest BCUT2D eigenvalue weighted by atomic mass is 127. The maximum Gasteiger partial charge on any atom is 0.407 e. The fraction of sp³-hybridized carbons (Fsp3) is 0.375. The Balaban J connectivity index is 0.000000188. The number of halogens is 1. The molecule has 20 nitrogen and oxygen atoms in total. The second kappa shape index (κ2) is 28.5. The molecule has 2 aliphatic rings. The van der Waals surface area contributed by atoms with Gasteiger partial charge in [-0.3, -0.25) is 9.59 Å². The summed E-state index contributed by atoms with van der Waals surface area (Å²) >= 11 is 2.20. The van der Waals surface area contributed by atoms with Crippen molar-refractivity contribution in [2.24, 2.45) is 0 Å². The molecule has 85 heavy (non-hydrogen) atoms. The van der Waals surface area contributed by atoms with Crippen LogP contribution in [0.4, 0.5) is 15.4 Å². The Hall–Kier alpha value is -8.31. The van der Waals surface area contributed by atoms with Crippen molar-refractivity contribution in [1.82, 2.24) is 45.5 Å². The summed E-state index contributed by atoms with van der Waals surface area (Å²) in [5.41, 5.74) is 3.86. The lowest BCUT2D eigenvalue weighted by molar-refractivity contribution is 0.0486. The molecular weight excluding hydrogens is 1200 g/mol. The van der Waals surface area contributed by atoms with Crippen molar-refractivity contribution in [3.05, 3.63) is 148 Å². The molecule has 0 bridgehead atoms. The van der Waals surface area contributed by atoms with E-state index in [1.807, 2.05) is 112 Å². The molecule has 0 radical (unpaired) electrons. The topological polar surface area (TPSA) is 224 Å². The number of ketones is 2. The predicted octanol–water partition coefficient (Wildman–Crippen LogP) is 12.3. The summed E-state index contributed by atoms with van der Waals surface area (Å²) < 4.78 is 38.2. The van der Waals surface area contributed by atoms with Gasteiger partial charge in [-0.1, -0.05) is 24.3 Å². The first-order chi connectivity index (χ1) is 40.6. The Kier molecular flexibility index (Phi) is 21.0. The highest BCUT2D eigenvalue weighted by Crippen LogP contribution is 2.38. The van der Waals surface area contributed by atoms with E-state index < -0.39 is 17.3 Å². The van der Waals surface area contributed by atoms with Crippen LogP contribution < -0.4 is 39.8 Å². The van der Waals surface area contributed by atoms with Crippen LogP contribution in [0.25, 0.3) is 22.1 Å². The Morgan fingerprint density at radius 2 is 1.04 bits per heavy atom. The van der Waals surface area contributed by atoms with Crippen LogP contribution in [0.5, 0.6) is 34.5 Å². The number of carbonyl (C=O) groups is 4. The standard InChI is InChI=1S/C32H37N5O5.C22H18IN3O3.C10H20N2O2/c1-21(38)23-10-14-26(15-11-23)41-27-16-17-33-29-28(27)30(35-37(29)19-22-8-12-25(40-5)13-9-22)36-18-6-7-24(20-36)34-31(39)42-32(2,3)4;1-14(27)16-5-9-18(10-6-16)29-19-11-12-24-22-20(19)21(23)25-26(22)13-15-3-7-17(28-2)8-4-15;1-10(2,3)14-9(13)12-8-5-4-6-11-7-8/h8-17,24H,6-7,18-20H2,1-5H3,(H,34,39);3-12H,13H2,1-2H3;8,11H,4-7H2,1-3H3,(H,12,13)/t24-;;8-/m1.1/s1. The Morgan fingerprint density at radius 3 is 1.49 bits per heavy atom. The summed E-state index contributed by atoms with van der Waals surface area (Å²) in [5, 5.41) is 20.4. The lowest BCUT2D eigenvalue weighted by Crippen LogP contribution is -2.49. The monoisotopic (exact) mass is 1270 g/mol. The third-order valence-corrected chi connectivity index (χ3v) is 14.3. The number of carbonyl (C=O) groups excluding carboxylic acids is 4. The van der Waals surface area contributed by atoms with E-state index in [9.17, 15) is 19.2 Å². The molecule has 2 atom stereocenters. The summed E-state index contributed by atoms with van der Waals surface area (Å²) in [6, 6.07) is 33.7. The average molecular weight is 1270 g/mol. The van der Waals surface area contributed by atoms with Gasteiger partial charge < -0.3 is 49.3 Å². The number of Topliss-reactive ketones (excluding diaryl/α,β-unsaturated/α-hetero) is 2. The summed E-state index contributed by atoms with van der Waals surface area (Å²) in [4.78, 5) is 58.5. The lowest BCUT2D eigenvalue weighted by Gasteiger charge is -2.34. The van der Waals surface area contributed by atoms with Crippen molar-refractivity contribution >= 4 is 74.2 Å². The van der Waals surface area contributed by atoms with Crippen LogP contribution in [0.2, 0.25) is 0 Å². The van der Waals surface area contributed by atoms with Crippen LogP contribution in [0.3, 0.4) is 0 Å².